The second-order valence-electron chi connectivity index (χ2n) is 6.74. The van der Waals surface area contributed by atoms with Gasteiger partial charge in [-0.3, -0.25) is 9.10 Å². The summed E-state index contributed by atoms with van der Waals surface area (Å²) in [4.78, 5) is 12.4. The summed E-state index contributed by atoms with van der Waals surface area (Å²) in [6, 6.07) is 16.7. The van der Waals surface area contributed by atoms with Crippen LogP contribution in [0.2, 0.25) is 0 Å². The van der Waals surface area contributed by atoms with Gasteiger partial charge in [-0.05, 0) is 42.2 Å². The second kappa shape index (κ2) is 10.1. The van der Waals surface area contributed by atoms with Crippen LogP contribution in [-0.4, -0.2) is 40.8 Å². The van der Waals surface area contributed by atoms with Crippen LogP contribution >= 0.6 is 0 Å². The summed E-state index contributed by atoms with van der Waals surface area (Å²) < 4.78 is 30.5. The van der Waals surface area contributed by atoms with Gasteiger partial charge in [0, 0.05) is 6.54 Å². The molecule has 152 valence electrons. The Morgan fingerprint density at radius 3 is 2.29 bits per heavy atom. The average molecular weight is 405 g/mol. The van der Waals surface area contributed by atoms with Crippen LogP contribution in [0.5, 0.6) is 5.75 Å². The smallest absolute Gasteiger partial charge is 0.240 e. The number of methoxy groups -OCH3 is 1. The summed E-state index contributed by atoms with van der Waals surface area (Å²) in [5.41, 5.74) is 1.65. The van der Waals surface area contributed by atoms with Crippen molar-refractivity contribution in [2.75, 3.05) is 30.8 Å². The topological polar surface area (TPSA) is 75.7 Å². The third-order valence-electron chi connectivity index (χ3n) is 4.58. The molecule has 0 saturated heterocycles. The molecule has 1 unspecified atom stereocenters. The van der Waals surface area contributed by atoms with Crippen molar-refractivity contribution in [2.45, 2.75) is 19.8 Å². The van der Waals surface area contributed by atoms with Crippen molar-refractivity contribution in [1.29, 1.82) is 0 Å². The highest BCUT2D eigenvalue weighted by Crippen LogP contribution is 2.21. The van der Waals surface area contributed by atoms with Gasteiger partial charge < -0.3 is 10.1 Å². The number of rotatable bonds is 10. The number of benzene rings is 2. The predicted octanol–water partition coefficient (Wildman–Crippen LogP) is 2.85. The molecule has 1 atom stereocenters. The molecule has 2 aromatic rings. The van der Waals surface area contributed by atoms with E-state index in [1.807, 2.05) is 18.2 Å². The fourth-order valence-corrected chi connectivity index (χ4v) is 3.76. The number of carbonyl (C=O) groups is 1. The second-order valence-corrected chi connectivity index (χ2v) is 8.64. The summed E-state index contributed by atoms with van der Waals surface area (Å²) in [7, 11) is -2.06. The van der Waals surface area contributed by atoms with Gasteiger partial charge in [0.25, 0.3) is 0 Å². The van der Waals surface area contributed by atoms with Crippen LogP contribution in [0.25, 0.3) is 0 Å². The molecule has 0 spiro atoms. The van der Waals surface area contributed by atoms with E-state index in [1.165, 1.54) is 12.7 Å². The Labute approximate surface area is 167 Å². The molecule has 2 rings (SSSR count). The van der Waals surface area contributed by atoms with Crippen LogP contribution in [0.1, 0.15) is 18.9 Å². The van der Waals surface area contributed by atoms with Gasteiger partial charge in [-0.1, -0.05) is 43.7 Å². The molecule has 28 heavy (non-hydrogen) atoms. The predicted molar refractivity (Wildman–Crippen MR) is 112 cm³/mol. The molecule has 6 nitrogen and oxygen atoms in total. The molecule has 0 aromatic heterocycles. The van der Waals surface area contributed by atoms with Gasteiger partial charge in [-0.2, -0.15) is 0 Å². The Hall–Kier alpha value is -2.54. The lowest BCUT2D eigenvalue weighted by Crippen LogP contribution is -2.41. The normalized spacial score (nSPS) is 12.2. The van der Waals surface area contributed by atoms with Gasteiger partial charge in [0.1, 0.15) is 12.3 Å². The summed E-state index contributed by atoms with van der Waals surface area (Å²) in [6.07, 6.45) is 2.88. The Morgan fingerprint density at radius 2 is 1.75 bits per heavy atom. The molecule has 0 aliphatic carbocycles. The van der Waals surface area contributed by atoms with Gasteiger partial charge in [0.15, 0.2) is 0 Å². The maximum Gasteiger partial charge on any atom is 0.240 e. The van der Waals surface area contributed by atoms with E-state index in [0.717, 1.165) is 23.4 Å². The van der Waals surface area contributed by atoms with Crippen LogP contribution in [0.15, 0.2) is 54.6 Å². The molecule has 0 saturated carbocycles. The van der Waals surface area contributed by atoms with E-state index in [0.29, 0.717) is 23.9 Å². The lowest BCUT2D eigenvalue weighted by Gasteiger charge is -2.23. The zero-order valence-corrected chi connectivity index (χ0v) is 17.4. The molecule has 0 fully saturated rings. The van der Waals surface area contributed by atoms with E-state index in [9.17, 15) is 13.2 Å². The highest BCUT2D eigenvalue weighted by molar-refractivity contribution is 7.92. The van der Waals surface area contributed by atoms with Crippen LogP contribution in [-0.2, 0) is 21.2 Å². The summed E-state index contributed by atoms with van der Waals surface area (Å²) in [6.45, 7) is 2.33. The van der Waals surface area contributed by atoms with E-state index in [1.54, 1.807) is 24.3 Å². The summed E-state index contributed by atoms with van der Waals surface area (Å²) in [5.74, 6) is 0.583. The minimum Gasteiger partial charge on any atom is -0.497 e. The molecule has 0 radical (unpaired) electrons. The van der Waals surface area contributed by atoms with E-state index < -0.39 is 10.0 Å². The Morgan fingerprint density at radius 1 is 1.11 bits per heavy atom. The number of anilines is 1. The van der Waals surface area contributed by atoms with E-state index in [-0.39, 0.29) is 12.5 Å². The molecule has 1 amide bonds. The third-order valence-corrected chi connectivity index (χ3v) is 5.72. The lowest BCUT2D eigenvalue weighted by atomic mass is 9.97. The first-order valence-corrected chi connectivity index (χ1v) is 11.1. The van der Waals surface area contributed by atoms with Gasteiger partial charge in [0.05, 0.1) is 19.1 Å². The van der Waals surface area contributed by atoms with Gasteiger partial charge in [0.2, 0.25) is 15.9 Å². The SMILES string of the molecule is CCC(CNC(=O)CN(c1ccc(OC)cc1)S(C)(=O)=O)Cc1ccccc1. The van der Waals surface area contributed by atoms with Gasteiger partial charge in [-0.25, -0.2) is 8.42 Å². The fourth-order valence-electron chi connectivity index (χ4n) is 2.90. The summed E-state index contributed by atoms with van der Waals surface area (Å²) >= 11 is 0. The number of amides is 1. The van der Waals surface area contributed by atoms with Gasteiger partial charge >= 0.3 is 0 Å². The maximum absolute atomic E-state index is 12.4. The van der Waals surface area contributed by atoms with Crippen molar-refractivity contribution in [1.82, 2.24) is 5.32 Å². The largest absolute Gasteiger partial charge is 0.497 e. The molecule has 0 aliphatic heterocycles. The number of sulfonamides is 1. The third kappa shape index (κ3) is 6.56. The average Bonchev–Trinajstić information content (AvgIpc) is 2.69. The molecular weight excluding hydrogens is 376 g/mol. The van der Waals surface area contributed by atoms with Crippen LogP contribution in [0.4, 0.5) is 5.69 Å². The van der Waals surface area contributed by atoms with Crippen LogP contribution in [0, 0.1) is 5.92 Å². The monoisotopic (exact) mass is 404 g/mol. The molecule has 0 aliphatic rings. The van der Waals surface area contributed by atoms with Gasteiger partial charge in [-0.15, -0.1) is 0 Å². The van der Waals surface area contributed by atoms with Crippen molar-refractivity contribution in [3.63, 3.8) is 0 Å². The minimum absolute atomic E-state index is 0.257. The number of hydrogen-bond acceptors (Lipinski definition) is 4. The Bertz CT molecular complexity index is 852. The number of nitrogens with zero attached hydrogens (tertiary/aromatic N) is 1. The molecule has 7 heteroatoms. The first-order chi connectivity index (χ1) is 13.3. The standard InChI is InChI=1S/C21H28N2O4S/c1-4-17(14-18-8-6-5-7-9-18)15-22-21(24)16-23(28(3,25)26)19-10-12-20(27-2)13-11-19/h5-13,17H,4,14-16H2,1-3H3,(H,22,24). The molecule has 0 bridgehead atoms. The Balaban J connectivity index is 1.99. The molecule has 2 aromatic carbocycles. The van der Waals surface area contributed by atoms with Crippen molar-refractivity contribution in [2.24, 2.45) is 5.92 Å². The minimum atomic E-state index is -3.59. The first-order valence-electron chi connectivity index (χ1n) is 9.26. The van der Waals surface area contributed by atoms with E-state index in [2.05, 4.69) is 24.4 Å². The fraction of sp³-hybridized carbons (Fsp3) is 0.381. The molecule has 1 N–H and O–H groups in total. The number of carbonyl (C=O) groups excluding carboxylic acids is 1. The van der Waals surface area contributed by atoms with Crippen LogP contribution < -0.4 is 14.4 Å². The quantitative estimate of drug-likeness (QED) is 0.661. The summed E-state index contributed by atoms with van der Waals surface area (Å²) in [5, 5.41) is 2.88. The van der Waals surface area contributed by atoms with Crippen molar-refractivity contribution >= 4 is 21.6 Å². The lowest BCUT2D eigenvalue weighted by molar-refractivity contribution is -0.119. The number of ether oxygens (including phenoxy) is 1. The zero-order chi connectivity index (χ0) is 20.6. The highest BCUT2D eigenvalue weighted by Gasteiger charge is 2.21. The highest BCUT2D eigenvalue weighted by atomic mass is 32.2. The maximum atomic E-state index is 12.4. The number of nitrogens with one attached hydrogen (secondary N) is 1. The van der Waals surface area contributed by atoms with E-state index >= 15 is 0 Å². The number of hydrogen-bond donors (Lipinski definition) is 1. The molecular formula is C21H28N2O4S. The first kappa shape index (κ1) is 21.8. The molecule has 0 heterocycles. The van der Waals surface area contributed by atoms with Crippen molar-refractivity contribution in [3.05, 3.63) is 60.2 Å². The van der Waals surface area contributed by atoms with E-state index in [4.69, 9.17) is 4.74 Å². The zero-order valence-electron chi connectivity index (χ0n) is 16.6. The van der Waals surface area contributed by atoms with Crippen molar-refractivity contribution < 1.29 is 17.9 Å². The van der Waals surface area contributed by atoms with Crippen molar-refractivity contribution in [3.8, 4) is 5.75 Å². The van der Waals surface area contributed by atoms with Crippen LogP contribution in [0.3, 0.4) is 0 Å². The Kier molecular flexibility index (Phi) is 7.87.